The minimum absolute atomic E-state index is 0.144. The summed E-state index contributed by atoms with van der Waals surface area (Å²) in [4.78, 5) is 13.7. The quantitative estimate of drug-likeness (QED) is 0.443. The van der Waals surface area contributed by atoms with Crippen molar-refractivity contribution in [3.63, 3.8) is 0 Å². The highest BCUT2D eigenvalue weighted by Crippen LogP contribution is 2.29. The van der Waals surface area contributed by atoms with Crippen molar-refractivity contribution in [2.24, 2.45) is 0 Å². The van der Waals surface area contributed by atoms with E-state index in [9.17, 15) is 4.79 Å². The molecular weight excluding hydrogens is 432 g/mol. The van der Waals surface area contributed by atoms with Gasteiger partial charge in [0.25, 0.3) is 0 Å². The highest BCUT2D eigenvalue weighted by molar-refractivity contribution is 7.99. The molecule has 3 rings (SSSR count). The second-order valence-electron chi connectivity index (χ2n) is 6.65. The molecule has 3 aromatic rings. The Morgan fingerprint density at radius 3 is 2.52 bits per heavy atom. The number of anilines is 1. The minimum Gasteiger partial charge on any atom is -0.497 e. The van der Waals surface area contributed by atoms with E-state index < -0.39 is 0 Å². The van der Waals surface area contributed by atoms with Gasteiger partial charge in [0.15, 0.2) is 5.16 Å². The molecule has 0 spiro atoms. The van der Waals surface area contributed by atoms with Gasteiger partial charge in [-0.05, 0) is 38.1 Å². The third kappa shape index (κ3) is 6.18. The van der Waals surface area contributed by atoms with E-state index >= 15 is 0 Å². The Kier molecular flexibility index (Phi) is 8.25. The maximum atomic E-state index is 12.5. The first-order chi connectivity index (χ1) is 15.0. The molecule has 0 fully saturated rings. The molecule has 0 saturated carbocycles. The lowest BCUT2D eigenvalue weighted by Gasteiger charge is -2.11. The van der Waals surface area contributed by atoms with Gasteiger partial charge in [0.2, 0.25) is 5.91 Å². The summed E-state index contributed by atoms with van der Waals surface area (Å²) in [5.74, 6) is 2.90. The van der Waals surface area contributed by atoms with Crippen LogP contribution in [0.25, 0.3) is 0 Å². The molecule has 1 aromatic heterocycles. The van der Waals surface area contributed by atoms with Crippen LogP contribution in [-0.2, 0) is 17.1 Å². The first-order valence-corrected chi connectivity index (χ1v) is 11.8. The summed E-state index contributed by atoms with van der Waals surface area (Å²) in [6, 6.07) is 13.7. The number of nitrogens with one attached hydrogen (secondary N) is 1. The lowest BCUT2D eigenvalue weighted by molar-refractivity contribution is -0.113. The summed E-state index contributed by atoms with van der Waals surface area (Å²) in [7, 11) is 3.14. The Balaban J connectivity index is 1.59. The molecule has 1 heterocycles. The fourth-order valence-corrected chi connectivity index (χ4v) is 4.51. The number of hydrogen-bond acceptors (Lipinski definition) is 7. The molecular formula is C22H26N4O3S2. The molecule has 0 unspecified atom stereocenters. The van der Waals surface area contributed by atoms with Crippen LogP contribution in [0.4, 0.5) is 5.69 Å². The van der Waals surface area contributed by atoms with Crippen LogP contribution in [-0.4, -0.2) is 40.6 Å². The van der Waals surface area contributed by atoms with E-state index in [-0.39, 0.29) is 11.7 Å². The zero-order chi connectivity index (χ0) is 22.2. The molecule has 0 aliphatic carbocycles. The highest BCUT2D eigenvalue weighted by Gasteiger charge is 2.15. The molecule has 1 N–H and O–H groups in total. The Morgan fingerprint density at radius 1 is 1.06 bits per heavy atom. The maximum absolute atomic E-state index is 12.5. The van der Waals surface area contributed by atoms with Gasteiger partial charge in [-0.25, -0.2) is 0 Å². The molecule has 0 saturated heterocycles. The van der Waals surface area contributed by atoms with E-state index in [0.29, 0.717) is 17.2 Å². The van der Waals surface area contributed by atoms with Crippen molar-refractivity contribution in [1.82, 2.24) is 14.8 Å². The van der Waals surface area contributed by atoms with Crippen molar-refractivity contribution >= 4 is 35.1 Å². The predicted octanol–water partition coefficient (Wildman–Crippen LogP) is 4.65. The van der Waals surface area contributed by atoms with Crippen molar-refractivity contribution in [3.05, 3.63) is 53.9 Å². The largest absolute Gasteiger partial charge is 0.497 e. The van der Waals surface area contributed by atoms with Crippen LogP contribution in [0.5, 0.6) is 11.5 Å². The van der Waals surface area contributed by atoms with Gasteiger partial charge in [0.1, 0.15) is 17.3 Å². The van der Waals surface area contributed by atoms with Gasteiger partial charge >= 0.3 is 0 Å². The number of aryl methyl sites for hydroxylation is 1. The minimum atomic E-state index is -0.144. The standard InChI is InChI=1S/C22H26N4O3S2/c1-5-26-20(13-30-17-9-6-15(2)7-10-17)24-25-22(26)31-14-21(27)23-18-11-8-16(28-3)12-19(18)29-4/h6-12H,5,13-14H2,1-4H3,(H,23,27). The van der Waals surface area contributed by atoms with E-state index in [4.69, 9.17) is 9.47 Å². The third-order valence-corrected chi connectivity index (χ3v) is 6.49. The van der Waals surface area contributed by atoms with Crippen LogP contribution in [0.2, 0.25) is 0 Å². The molecule has 9 heteroatoms. The number of carbonyl (C=O) groups is 1. The molecule has 0 bridgehead atoms. The first kappa shape index (κ1) is 23.0. The number of methoxy groups -OCH3 is 2. The normalized spacial score (nSPS) is 10.7. The maximum Gasteiger partial charge on any atom is 0.234 e. The zero-order valence-corrected chi connectivity index (χ0v) is 19.7. The van der Waals surface area contributed by atoms with Crippen LogP contribution in [0, 0.1) is 6.92 Å². The second-order valence-corrected chi connectivity index (χ2v) is 8.64. The van der Waals surface area contributed by atoms with Crippen molar-refractivity contribution in [2.75, 3.05) is 25.3 Å². The van der Waals surface area contributed by atoms with E-state index in [1.54, 1.807) is 44.2 Å². The van der Waals surface area contributed by atoms with Crippen molar-refractivity contribution in [1.29, 1.82) is 0 Å². The molecule has 0 aliphatic rings. The molecule has 7 nitrogen and oxygen atoms in total. The van der Waals surface area contributed by atoms with Gasteiger partial charge < -0.3 is 19.4 Å². The monoisotopic (exact) mass is 458 g/mol. The lowest BCUT2D eigenvalue weighted by atomic mass is 10.2. The highest BCUT2D eigenvalue weighted by atomic mass is 32.2. The average molecular weight is 459 g/mol. The van der Waals surface area contributed by atoms with E-state index in [1.807, 2.05) is 4.57 Å². The number of thioether (sulfide) groups is 2. The molecule has 31 heavy (non-hydrogen) atoms. The van der Waals surface area contributed by atoms with Crippen LogP contribution in [0.1, 0.15) is 18.3 Å². The number of ether oxygens (including phenoxy) is 2. The fraction of sp³-hybridized carbons (Fsp3) is 0.318. The van der Waals surface area contributed by atoms with Gasteiger partial charge in [-0.2, -0.15) is 0 Å². The number of aromatic nitrogens is 3. The Morgan fingerprint density at radius 2 is 1.84 bits per heavy atom. The molecule has 0 aliphatic heterocycles. The predicted molar refractivity (Wildman–Crippen MR) is 125 cm³/mol. The lowest BCUT2D eigenvalue weighted by Crippen LogP contribution is -2.15. The van der Waals surface area contributed by atoms with Gasteiger partial charge in [-0.1, -0.05) is 29.5 Å². The molecule has 0 atom stereocenters. The molecule has 1 amide bonds. The number of benzene rings is 2. The molecule has 2 aromatic carbocycles. The number of rotatable bonds is 10. The molecule has 164 valence electrons. The zero-order valence-electron chi connectivity index (χ0n) is 18.0. The number of amides is 1. The van der Waals surface area contributed by atoms with Crippen LogP contribution in [0.15, 0.2) is 52.5 Å². The summed E-state index contributed by atoms with van der Waals surface area (Å²) < 4.78 is 12.6. The van der Waals surface area contributed by atoms with Gasteiger partial charge in [-0.3, -0.25) is 4.79 Å². The second kappa shape index (κ2) is 11.1. The number of hydrogen-bond donors (Lipinski definition) is 1. The summed E-state index contributed by atoms with van der Waals surface area (Å²) >= 11 is 3.09. The van der Waals surface area contributed by atoms with Gasteiger partial charge in [0.05, 0.1) is 31.4 Å². The van der Waals surface area contributed by atoms with Crippen molar-refractivity contribution < 1.29 is 14.3 Å². The van der Waals surface area contributed by atoms with Crippen LogP contribution in [0.3, 0.4) is 0 Å². The van der Waals surface area contributed by atoms with E-state index in [1.165, 1.54) is 22.2 Å². The Bertz CT molecular complexity index is 1020. The third-order valence-electron chi connectivity index (χ3n) is 4.51. The Hall–Kier alpha value is -2.65. The smallest absolute Gasteiger partial charge is 0.234 e. The summed E-state index contributed by atoms with van der Waals surface area (Å²) in [5.41, 5.74) is 1.84. The summed E-state index contributed by atoms with van der Waals surface area (Å²) in [6.07, 6.45) is 0. The summed E-state index contributed by atoms with van der Waals surface area (Å²) in [6.45, 7) is 4.87. The topological polar surface area (TPSA) is 78.3 Å². The van der Waals surface area contributed by atoms with E-state index in [0.717, 1.165) is 23.3 Å². The number of carbonyl (C=O) groups excluding carboxylic acids is 1. The van der Waals surface area contributed by atoms with Gasteiger partial charge in [0, 0.05) is 17.5 Å². The van der Waals surface area contributed by atoms with Crippen molar-refractivity contribution in [3.8, 4) is 11.5 Å². The van der Waals surface area contributed by atoms with Gasteiger partial charge in [-0.15, -0.1) is 22.0 Å². The number of nitrogens with zero attached hydrogens (tertiary/aromatic N) is 3. The SMILES string of the molecule is CCn1c(CSc2ccc(C)cc2)nnc1SCC(=O)Nc1ccc(OC)cc1OC. The average Bonchev–Trinajstić information content (AvgIpc) is 3.19. The fourth-order valence-electron chi connectivity index (χ4n) is 2.85. The first-order valence-electron chi connectivity index (χ1n) is 9.80. The van der Waals surface area contributed by atoms with Crippen molar-refractivity contribution in [2.45, 2.75) is 36.2 Å². The van der Waals surface area contributed by atoms with E-state index in [2.05, 4.69) is 53.6 Å². The molecule has 0 radical (unpaired) electrons. The Labute approximate surface area is 190 Å². The van der Waals surface area contributed by atoms with Crippen LogP contribution < -0.4 is 14.8 Å². The van der Waals surface area contributed by atoms with Crippen LogP contribution >= 0.6 is 23.5 Å². The summed E-state index contributed by atoms with van der Waals surface area (Å²) in [5, 5.41) is 12.2.